The van der Waals surface area contributed by atoms with Gasteiger partial charge >= 0.3 is 0 Å². The Bertz CT molecular complexity index is 489. The molecular formula is C17H26N2O2. The molecule has 2 fully saturated rings. The van der Waals surface area contributed by atoms with Crippen LogP contribution in [0, 0.1) is 12.8 Å². The van der Waals surface area contributed by atoms with Gasteiger partial charge in [-0.3, -0.25) is 9.88 Å². The highest BCUT2D eigenvalue weighted by atomic mass is 16.5. The van der Waals surface area contributed by atoms with Crippen LogP contribution in [0.2, 0.25) is 0 Å². The lowest BCUT2D eigenvalue weighted by molar-refractivity contribution is -0.123. The van der Waals surface area contributed by atoms with Crippen LogP contribution < -0.4 is 0 Å². The highest BCUT2D eigenvalue weighted by Crippen LogP contribution is 2.36. The maximum atomic E-state index is 10.7. The van der Waals surface area contributed by atoms with E-state index in [2.05, 4.69) is 22.9 Å². The SMILES string of the molecule is Cc1cncc(CN2CCCC2C2COCCC2(C)O)c1. The van der Waals surface area contributed by atoms with Gasteiger partial charge in [0.2, 0.25) is 0 Å². The van der Waals surface area contributed by atoms with E-state index in [4.69, 9.17) is 4.74 Å². The van der Waals surface area contributed by atoms with Gasteiger partial charge in [0.15, 0.2) is 0 Å². The van der Waals surface area contributed by atoms with Gasteiger partial charge < -0.3 is 9.84 Å². The van der Waals surface area contributed by atoms with Crippen LogP contribution in [0.3, 0.4) is 0 Å². The lowest BCUT2D eigenvalue weighted by Gasteiger charge is -2.43. The second kappa shape index (κ2) is 6.03. The first kappa shape index (κ1) is 14.9. The number of ether oxygens (including phenoxy) is 1. The summed E-state index contributed by atoms with van der Waals surface area (Å²) in [7, 11) is 0. The summed E-state index contributed by atoms with van der Waals surface area (Å²) in [6.45, 7) is 7.44. The number of hydrogen-bond acceptors (Lipinski definition) is 4. The highest BCUT2D eigenvalue weighted by Gasteiger charge is 2.43. The fourth-order valence-corrected chi connectivity index (χ4v) is 3.82. The summed E-state index contributed by atoms with van der Waals surface area (Å²) < 4.78 is 5.65. The van der Waals surface area contributed by atoms with Crippen LogP contribution in [0.1, 0.15) is 37.3 Å². The van der Waals surface area contributed by atoms with Gasteiger partial charge in [-0.15, -0.1) is 0 Å². The van der Waals surface area contributed by atoms with Crippen LogP contribution >= 0.6 is 0 Å². The van der Waals surface area contributed by atoms with E-state index in [0.717, 1.165) is 25.9 Å². The Kier molecular flexibility index (Phi) is 4.29. The third-order valence-corrected chi connectivity index (χ3v) is 5.04. The van der Waals surface area contributed by atoms with E-state index >= 15 is 0 Å². The van der Waals surface area contributed by atoms with Crippen molar-refractivity contribution in [2.45, 2.75) is 51.3 Å². The Labute approximate surface area is 127 Å². The molecule has 0 aromatic carbocycles. The van der Waals surface area contributed by atoms with Crippen LogP contribution in [0.25, 0.3) is 0 Å². The number of aryl methyl sites for hydroxylation is 1. The molecule has 3 atom stereocenters. The summed E-state index contributed by atoms with van der Waals surface area (Å²) in [6, 6.07) is 2.62. The first-order valence-electron chi connectivity index (χ1n) is 8.01. The summed E-state index contributed by atoms with van der Waals surface area (Å²) in [5, 5.41) is 10.7. The van der Waals surface area contributed by atoms with E-state index < -0.39 is 5.60 Å². The Hall–Kier alpha value is -0.970. The number of hydrogen-bond donors (Lipinski definition) is 1. The number of aromatic nitrogens is 1. The van der Waals surface area contributed by atoms with Crippen LogP contribution in [0.5, 0.6) is 0 Å². The lowest BCUT2D eigenvalue weighted by atomic mass is 9.79. The molecule has 4 heteroatoms. The highest BCUT2D eigenvalue weighted by molar-refractivity contribution is 5.17. The van der Waals surface area contributed by atoms with Gasteiger partial charge in [0.05, 0.1) is 12.2 Å². The van der Waals surface area contributed by atoms with Crippen molar-refractivity contribution in [1.29, 1.82) is 0 Å². The quantitative estimate of drug-likeness (QED) is 0.926. The molecule has 2 saturated heterocycles. The molecule has 0 spiro atoms. The maximum absolute atomic E-state index is 10.7. The molecule has 3 rings (SSSR count). The number of pyridine rings is 1. The summed E-state index contributed by atoms with van der Waals surface area (Å²) in [4.78, 5) is 6.80. The van der Waals surface area contributed by atoms with Crippen LogP contribution in [-0.2, 0) is 11.3 Å². The molecule has 0 saturated carbocycles. The van der Waals surface area contributed by atoms with Crippen molar-refractivity contribution >= 4 is 0 Å². The summed E-state index contributed by atoms with van der Waals surface area (Å²) in [5.41, 5.74) is 1.87. The van der Waals surface area contributed by atoms with Gasteiger partial charge in [0.25, 0.3) is 0 Å². The molecule has 4 nitrogen and oxygen atoms in total. The zero-order valence-corrected chi connectivity index (χ0v) is 13.1. The van der Waals surface area contributed by atoms with E-state index in [1.165, 1.54) is 17.5 Å². The third kappa shape index (κ3) is 3.28. The molecule has 2 aliphatic heterocycles. The molecular weight excluding hydrogens is 264 g/mol. The molecule has 0 bridgehead atoms. The standard InChI is InChI=1S/C17H26N2O2/c1-13-8-14(10-18-9-13)11-19-6-3-4-16(19)15-12-21-7-5-17(15,2)20/h8-10,15-16,20H,3-7,11-12H2,1-2H3. The van der Waals surface area contributed by atoms with Gasteiger partial charge in [0, 0.05) is 37.5 Å². The molecule has 1 aromatic rings. The summed E-state index contributed by atoms with van der Waals surface area (Å²) >= 11 is 0. The first-order valence-corrected chi connectivity index (χ1v) is 8.01. The Balaban J connectivity index is 1.73. The molecule has 21 heavy (non-hydrogen) atoms. The second-order valence-electron chi connectivity index (χ2n) is 6.84. The average Bonchev–Trinajstić information content (AvgIpc) is 2.86. The topological polar surface area (TPSA) is 45.6 Å². The summed E-state index contributed by atoms with van der Waals surface area (Å²) in [6.07, 6.45) is 6.95. The Morgan fingerprint density at radius 3 is 3.10 bits per heavy atom. The van der Waals surface area contributed by atoms with Gasteiger partial charge in [-0.05, 0) is 50.8 Å². The maximum Gasteiger partial charge on any atom is 0.0706 e. The van der Waals surface area contributed by atoms with Crippen molar-refractivity contribution in [1.82, 2.24) is 9.88 Å². The predicted octanol–water partition coefficient (Wildman–Crippen LogP) is 2.14. The van der Waals surface area contributed by atoms with E-state index in [1.54, 1.807) is 0 Å². The normalized spacial score (nSPS) is 34.2. The minimum atomic E-state index is -0.601. The third-order valence-electron chi connectivity index (χ3n) is 5.04. The molecule has 0 aliphatic carbocycles. The van der Waals surface area contributed by atoms with Crippen molar-refractivity contribution in [3.05, 3.63) is 29.6 Å². The monoisotopic (exact) mass is 290 g/mol. The molecule has 0 radical (unpaired) electrons. The van der Waals surface area contributed by atoms with E-state index in [0.29, 0.717) is 19.3 Å². The Morgan fingerprint density at radius 1 is 1.48 bits per heavy atom. The molecule has 1 N–H and O–H groups in total. The van der Waals surface area contributed by atoms with E-state index in [9.17, 15) is 5.11 Å². The van der Waals surface area contributed by atoms with Crippen molar-refractivity contribution < 1.29 is 9.84 Å². The molecule has 1 aromatic heterocycles. The number of rotatable bonds is 3. The molecule has 3 unspecified atom stereocenters. The largest absolute Gasteiger partial charge is 0.390 e. The zero-order chi connectivity index (χ0) is 14.9. The molecule has 116 valence electrons. The van der Waals surface area contributed by atoms with Crippen molar-refractivity contribution in [2.75, 3.05) is 19.8 Å². The second-order valence-corrected chi connectivity index (χ2v) is 6.84. The Morgan fingerprint density at radius 2 is 2.33 bits per heavy atom. The molecule has 0 amide bonds. The fourth-order valence-electron chi connectivity index (χ4n) is 3.82. The van der Waals surface area contributed by atoms with Crippen molar-refractivity contribution in [3.63, 3.8) is 0 Å². The van der Waals surface area contributed by atoms with E-state index in [-0.39, 0.29) is 5.92 Å². The smallest absolute Gasteiger partial charge is 0.0706 e. The molecule has 3 heterocycles. The van der Waals surface area contributed by atoms with E-state index in [1.807, 2.05) is 19.3 Å². The fraction of sp³-hybridized carbons (Fsp3) is 0.706. The first-order chi connectivity index (χ1) is 10.1. The number of nitrogens with zero attached hydrogens (tertiary/aromatic N) is 2. The predicted molar refractivity (Wildman–Crippen MR) is 82.0 cm³/mol. The minimum absolute atomic E-state index is 0.214. The van der Waals surface area contributed by atoms with Crippen molar-refractivity contribution in [3.8, 4) is 0 Å². The van der Waals surface area contributed by atoms with Crippen LogP contribution in [0.4, 0.5) is 0 Å². The van der Waals surface area contributed by atoms with Gasteiger partial charge in [0.1, 0.15) is 0 Å². The van der Waals surface area contributed by atoms with Gasteiger partial charge in [-0.25, -0.2) is 0 Å². The minimum Gasteiger partial charge on any atom is -0.390 e. The average molecular weight is 290 g/mol. The lowest BCUT2D eigenvalue weighted by Crippen LogP contribution is -2.52. The van der Waals surface area contributed by atoms with Gasteiger partial charge in [-0.1, -0.05) is 6.07 Å². The summed E-state index contributed by atoms with van der Waals surface area (Å²) in [5.74, 6) is 0.214. The zero-order valence-electron chi connectivity index (χ0n) is 13.1. The number of likely N-dealkylation sites (tertiary alicyclic amines) is 1. The number of aliphatic hydroxyl groups is 1. The van der Waals surface area contributed by atoms with Crippen LogP contribution in [-0.4, -0.2) is 46.4 Å². The van der Waals surface area contributed by atoms with Crippen molar-refractivity contribution in [2.24, 2.45) is 5.92 Å². The van der Waals surface area contributed by atoms with Crippen LogP contribution in [0.15, 0.2) is 18.5 Å². The molecule has 2 aliphatic rings. The van der Waals surface area contributed by atoms with Gasteiger partial charge in [-0.2, -0.15) is 0 Å².